The minimum atomic E-state index is -0.266. The second-order valence-corrected chi connectivity index (χ2v) is 4.08. The predicted molar refractivity (Wildman–Crippen MR) is 64.4 cm³/mol. The molecule has 0 spiro atoms. The van der Waals surface area contributed by atoms with Crippen LogP contribution in [0.1, 0.15) is 5.56 Å². The second kappa shape index (κ2) is 5.14. The highest BCUT2D eigenvalue weighted by Crippen LogP contribution is 2.28. The van der Waals surface area contributed by atoms with Crippen LogP contribution in [0.3, 0.4) is 0 Å². The lowest BCUT2D eigenvalue weighted by Crippen LogP contribution is -2.38. The number of amides is 1. The number of hydrogen-bond acceptors (Lipinski definition) is 3. The summed E-state index contributed by atoms with van der Waals surface area (Å²) < 4.78 is 13.1. The molecule has 1 amide bonds. The highest BCUT2D eigenvalue weighted by molar-refractivity contribution is 5.82. The molecule has 92 valence electrons. The van der Waals surface area contributed by atoms with E-state index in [4.69, 9.17) is 5.73 Å². The molecule has 1 aliphatic rings. The van der Waals surface area contributed by atoms with Crippen molar-refractivity contribution in [3.05, 3.63) is 29.6 Å². The van der Waals surface area contributed by atoms with E-state index in [9.17, 15) is 9.18 Å². The second-order valence-electron chi connectivity index (χ2n) is 4.08. The van der Waals surface area contributed by atoms with E-state index < -0.39 is 0 Å². The fraction of sp³-hybridized carbons (Fsp3) is 0.417. The highest BCUT2D eigenvalue weighted by atomic mass is 19.1. The number of hydrogen-bond donors (Lipinski definition) is 2. The smallest absolute Gasteiger partial charge is 0.239 e. The van der Waals surface area contributed by atoms with Crippen molar-refractivity contribution in [2.24, 2.45) is 5.73 Å². The maximum atomic E-state index is 13.1. The quantitative estimate of drug-likeness (QED) is 0.790. The fourth-order valence-electron chi connectivity index (χ4n) is 2.02. The van der Waals surface area contributed by atoms with Crippen LogP contribution in [0.5, 0.6) is 0 Å². The molecule has 2 rings (SSSR count). The van der Waals surface area contributed by atoms with E-state index in [-0.39, 0.29) is 18.3 Å². The SMILES string of the molecule is NCCNC(=O)CN1CCc2ccc(F)cc21. The van der Waals surface area contributed by atoms with Gasteiger partial charge in [-0.1, -0.05) is 6.07 Å². The van der Waals surface area contributed by atoms with Crippen molar-refractivity contribution < 1.29 is 9.18 Å². The number of nitrogens with two attached hydrogens (primary N) is 1. The molecule has 0 unspecified atom stereocenters. The van der Waals surface area contributed by atoms with E-state index >= 15 is 0 Å². The number of carbonyl (C=O) groups excluding carboxylic acids is 1. The highest BCUT2D eigenvalue weighted by Gasteiger charge is 2.21. The number of nitrogens with one attached hydrogen (secondary N) is 1. The Morgan fingerprint density at radius 2 is 2.35 bits per heavy atom. The lowest BCUT2D eigenvalue weighted by Gasteiger charge is -2.18. The normalized spacial score (nSPS) is 13.6. The minimum Gasteiger partial charge on any atom is -0.362 e. The molecule has 1 aromatic carbocycles. The molecule has 0 bridgehead atoms. The maximum absolute atomic E-state index is 13.1. The van der Waals surface area contributed by atoms with Gasteiger partial charge in [0.2, 0.25) is 5.91 Å². The van der Waals surface area contributed by atoms with E-state index in [1.54, 1.807) is 6.07 Å². The molecule has 17 heavy (non-hydrogen) atoms. The molecule has 0 aromatic heterocycles. The van der Waals surface area contributed by atoms with Crippen molar-refractivity contribution in [1.82, 2.24) is 5.32 Å². The number of fused-ring (bicyclic) bond motifs is 1. The molecule has 5 heteroatoms. The average Bonchev–Trinajstić information content (AvgIpc) is 2.69. The first-order chi connectivity index (χ1) is 8.20. The summed E-state index contributed by atoms with van der Waals surface area (Å²) in [4.78, 5) is 13.4. The van der Waals surface area contributed by atoms with Crippen molar-refractivity contribution in [2.75, 3.05) is 31.1 Å². The van der Waals surface area contributed by atoms with Crippen molar-refractivity contribution in [3.8, 4) is 0 Å². The molecular weight excluding hydrogens is 221 g/mol. The number of rotatable bonds is 4. The zero-order valence-electron chi connectivity index (χ0n) is 9.58. The van der Waals surface area contributed by atoms with Crippen LogP contribution in [0.25, 0.3) is 0 Å². The first kappa shape index (κ1) is 11.9. The summed E-state index contributed by atoms with van der Waals surface area (Å²) in [6.07, 6.45) is 0.861. The van der Waals surface area contributed by atoms with Crippen LogP contribution < -0.4 is 16.0 Å². The fourth-order valence-corrected chi connectivity index (χ4v) is 2.02. The van der Waals surface area contributed by atoms with Gasteiger partial charge in [-0.2, -0.15) is 0 Å². The van der Waals surface area contributed by atoms with Gasteiger partial charge in [0.05, 0.1) is 6.54 Å². The van der Waals surface area contributed by atoms with Gasteiger partial charge in [-0.15, -0.1) is 0 Å². The molecule has 0 fully saturated rings. The van der Waals surface area contributed by atoms with Gasteiger partial charge in [-0.25, -0.2) is 4.39 Å². The van der Waals surface area contributed by atoms with E-state index in [1.165, 1.54) is 12.1 Å². The van der Waals surface area contributed by atoms with E-state index in [2.05, 4.69) is 5.32 Å². The predicted octanol–water partition coefficient (Wildman–Crippen LogP) is 0.263. The number of benzene rings is 1. The maximum Gasteiger partial charge on any atom is 0.239 e. The third-order valence-electron chi connectivity index (χ3n) is 2.84. The van der Waals surface area contributed by atoms with Gasteiger partial charge in [-0.05, 0) is 24.1 Å². The van der Waals surface area contributed by atoms with Gasteiger partial charge in [0.1, 0.15) is 5.82 Å². The topological polar surface area (TPSA) is 58.4 Å². The van der Waals surface area contributed by atoms with Crippen LogP contribution in [0.4, 0.5) is 10.1 Å². The third kappa shape index (κ3) is 2.74. The third-order valence-corrected chi connectivity index (χ3v) is 2.84. The van der Waals surface area contributed by atoms with E-state index in [0.29, 0.717) is 13.1 Å². The number of anilines is 1. The van der Waals surface area contributed by atoms with Gasteiger partial charge in [0.15, 0.2) is 0 Å². The summed E-state index contributed by atoms with van der Waals surface area (Å²) >= 11 is 0. The Morgan fingerprint density at radius 3 is 3.12 bits per heavy atom. The van der Waals surface area contributed by atoms with Gasteiger partial charge < -0.3 is 16.0 Å². The molecule has 1 aliphatic heterocycles. The van der Waals surface area contributed by atoms with Crippen molar-refractivity contribution in [2.45, 2.75) is 6.42 Å². The molecular formula is C12H16FN3O. The Labute approximate surface area is 99.6 Å². The zero-order valence-corrected chi connectivity index (χ0v) is 9.58. The molecule has 0 radical (unpaired) electrons. The summed E-state index contributed by atoms with van der Waals surface area (Å²) in [5.41, 5.74) is 7.23. The molecule has 0 saturated carbocycles. The standard InChI is InChI=1S/C12H16FN3O/c13-10-2-1-9-3-6-16(11(9)7-10)8-12(17)15-5-4-14/h1-2,7H,3-6,8,14H2,(H,15,17). The minimum absolute atomic E-state index is 0.0763. The van der Waals surface area contributed by atoms with Crippen molar-refractivity contribution in [1.29, 1.82) is 0 Å². The monoisotopic (exact) mass is 237 g/mol. The lowest BCUT2D eigenvalue weighted by molar-refractivity contribution is -0.119. The Kier molecular flexibility index (Phi) is 3.58. The van der Waals surface area contributed by atoms with Crippen molar-refractivity contribution in [3.63, 3.8) is 0 Å². The largest absolute Gasteiger partial charge is 0.362 e. The Balaban J connectivity index is 2.01. The zero-order chi connectivity index (χ0) is 12.3. The van der Waals surface area contributed by atoms with Crippen LogP contribution in [0.15, 0.2) is 18.2 Å². The number of carbonyl (C=O) groups is 1. The molecule has 3 N–H and O–H groups in total. The molecule has 4 nitrogen and oxygen atoms in total. The van der Waals surface area contributed by atoms with Crippen LogP contribution >= 0.6 is 0 Å². The van der Waals surface area contributed by atoms with Gasteiger partial charge in [-0.3, -0.25) is 4.79 Å². The van der Waals surface area contributed by atoms with Crippen LogP contribution in [-0.2, 0) is 11.2 Å². The van der Waals surface area contributed by atoms with Crippen LogP contribution in [-0.4, -0.2) is 32.1 Å². The van der Waals surface area contributed by atoms with Crippen LogP contribution in [0, 0.1) is 5.82 Å². The van der Waals surface area contributed by atoms with Gasteiger partial charge in [0.25, 0.3) is 0 Å². The summed E-state index contributed by atoms with van der Waals surface area (Å²) in [6, 6.07) is 4.72. The number of nitrogens with zero attached hydrogens (tertiary/aromatic N) is 1. The van der Waals surface area contributed by atoms with E-state index in [1.807, 2.05) is 4.90 Å². The molecule has 1 heterocycles. The van der Waals surface area contributed by atoms with Crippen molar-refractivity contribution >= 4 is 11.6 Å². The van der Waals surface area contributed by atoms with Gasteiger partial charge >= 0.3 is 0 Å². The first-order valence-corrected chi connectivity index (χ1v) is 5.71. The Hall–Kier alpha value is -1.62. The van der Waals surface area contributed by atoms with E-state index in [0.717, 1.165) is 24.2 Å². The molecule has 0 atom stereocenters. The molecule has 1 aromatic rings. The van der Waals surface area contributed by atoms with Crippen LogP contribution in [0.2, 0.25) is 0 Å². The summed E-state index contributed by atoms with van der Waals surface area (Å²) in [7, 11) is 0. The first-order valence-electron chi connectivity index (χ1n) is 5.71. The summed E-state index contributed by atoms with van der Waals surface area (Å²) in [5, 5.41) is 2.71. The summed E-state index contributed by atoms with van der Waals surface area (Å²) in [5.74, 6) is -0.342. The molecule has 0 aliphatic carbocycles. The summed E-state index contributed by atoms with van der Waals surface area (Å²) in [6.45, 7) is 1.92. The Morgan fingerprint density at radius 1 is 1.53 bits per heavy atom. The molecule has 0 saturated heterocycles. The number of halogens is 1. The average molecular weight is 237 g/mol. The Bertz CT molecular complexity index is 422. The lowest BCUT2D eigenvalue weighted by atomic mass is 10.2. The van der Waals surface area contributed by atoms with Gasteiger partial charge in [0, 0.05) is 25.3 Å².